The molecular weight excluding hydrogens is 181 g/mol. The lowest BCUT2D eigenvalue weighted by molar-refractivity contribution is 0.431. The molecular formula is C11H14FNO. The average molecular weight is 195 g/mol. The predicted molar refractivity (Wildman–Crippen MR) is 52.6 cm³/mol. The van der Waals surface area contributed by atoms with E-state index in [4.69, 9.17) is 10.8 Å². The number of hydrogen-bond acceptors (Lipinski definition) is 2. The molecule has 2 atom stereocenters. The second-order valence-electron chi connectivity index (χ2n) is 4.54. The van der Waals surface area contributed by atoms with Gasteiger partial charge >= 0.3 is 0 Å². The van der Waals surface area contributed by atoms with Crippen LogP contribution in [0.25, 0.3) is 0 Å². The fourth-order valence-electron chi connectivity index (χ4n) is 2.03. The summed E-state index contributed by atoms with van der Waals surface area (Å²) >= 11 is 0. The molecule has 76 valence electrons. The summed E-state index contributed by atoms with van der Waals surface area (Å²) in [6.45, 7) is 4.13. The van der Waals surface area contributed by atoms with Gasteiger partial charge in [-0.2, -0.15) is 0 Å². The van der Waals surface area contributed by atoms with Crippen LogP contribution in [0.1, 0.15) is 25.3 Å². The van der Waals surface area contributed by atoms with Crippen LogP contribution in [0.4, 0.5) is 4.39 Å². The van der Waals surface area contributed by atoms with E-state index < -0.39 is 5.82 Å². The number of hydrogen-bond donors (Lipinski definition) is 2. The molecule has 0 amide bonds. The lowest BCUT2D eigenvalue weighted by atomic mass is 10.0. The van der Waals surface area contributed by atoms with Gasteiger partial charge in [-0.15, -0.1) is 0 Å². The van der Waals surface area contributed by atoms with Crippen molar-refractivity contribution in [3.63, 3.8) is 0 Å². The SMILES string of the molecule is CC1(C)[C@@H](N)[C@@H]1c1ccc(O)c(F)c1. The Balaban J connectivity index is 2.32. The molecule has 0 spiro atoms. The number of rotatable bonds is 1. The molecule has 1 saturated carbocycles. The van der Waals surface area contributed by atoms with E-state index in [9.17, 15) is 4.39 Å². The van der Waals surface area contributed by atoms with Gasteiger partial charge in [-0.3, -0.25) is 0 Å². The fourth-order valence-corrected chi connectivity index (χ4v) is 2.03. The Hall–Kier alpha value is -1.09. The topological polar surface area (TPSA) is 46.2 Å². The number of aromatic hydroxyl groups is 1. The van der Waals surface area contributed by atoms with E-state index in [-0.39, 0.29) is 23.1 Å². The van der Waals surface area contributed by atoms with Crippen LogP contribution in [0.5, 0.6) is 5.75 Å². The molecule has 1 fully saturated rings. The van der Waals surface area contributed by atoms with Gasteiger partial charge in [0.25, 0.3) is 0 Å². The standard InChI is InChI=1S/C11H14FNO/c1-11(2)9(10(11)13)6-3-4-8(14)7(12)5-6/h3-5,9-10,14H,13H2,1-2H3/t9-,10-/m0/s1. The second kappa shape index (κ2) is 2.70. The second-order valence-corrected chi connectivity index (χ2v) is 4.54. The zero-order chi connectivity index (χ0) is 10.5. The Morgan fingerprint density at radius 2 is 2.00 bits per heavy atom. The van der Waals surface area contributed by atoms with Crippen LogP contribution in [-0.2, 0) is 0 Å². The Kier molecular flexibility index (Phi) is 1.83. The number of halogens is 1. The Bertz CT molecular complexity index is 376. The van der Waals surface area contributed by atoms with Crippen LogP contribution in [-0.4, -0.2) is 11.1 Å². The number of phenols is 1. The molecule has 0 saturated heterocycles. The van der Waals surface area contributed by atoms with Crippen LogP contribution in [0.3, 0.4) is 0 Å². The molecule has 1 aliphatic carbocycles. The van der Waals surface area contributed by atoms with Gasteiger partial charge in [0.2, 0.25) is 0 Å². The number of nitrogens with two attached hydrogens (primary N) is 1. The molecule has 0 bridgehead atoms. The molecule has 0 aromatic heterocycles. The van der Waals surface area contributed by atoms with Gasteiger partial charge in [0.05, 0.1) is 0 Å². The first-order valence-corrected chi connectivity index (χ1v) is 4.68. The summed E-state index contributed by atoms with van der Waals surface area (Å²) in [7, 11) is 0. The van der Waals surface area contributed by atoms with Crippen molar-refractivity contribution in [1.82, 2.24) is 0 Å². The minimum atomic E-state index is -0.572. The summed E-state index contributed by atoms with van der Waals surface area (Å²) in [5, 5.41) is 9.04. The minimum absolute atomic E-state index is 0.0451. The lowest BCUT2D eigenvalue weighted by Gasteiger charge is -2.03. The maximum absolute atomic E-state index is 13.1. The van der Waals surface area contributed by atoms with Gasteiger partial charge in [0, 0.05) is 12.0 Å². The largest absolute Gasteiger partial charge is 0.505 e. The van der Waals surface area contributed by atoms with E-state index >= 15 is 0 Å². The Morgan fingerprint density at radius 3 is 2.43 bits per heavy atom. The van der Waals surface area contributed by atoms with Gasteiger partial charge in [0.1, 0.15) is 0 Å². The molecule has 3 N–H and O–H groups in total. The monoisotopic (exact) mass is 195 g/mol. The zero-order valence-electron chi connectivity index (χ0n) is 8.29. The molecule has 14 heavy (non-hydrogen) atoms. The van der Waals surface area contributed by atoms with Gasteiger partial charge in [-0.05, 0) is 23.1 Å². The lowest BCUT2D eigenvalue weighted by Crippen LogP contribution is -2.06. The van der Waals surface area contributed by atoms with Crippen molar-refractivity contribution in [3.8, 4) is 5.75 Å². The van der Waals surface area contributed by atoms with E-state index in [0.717, 1.165) is 5.56 Å². The zero-order valence-corrected chi connectivity index (χ0v) is 8.29. The molecule has 0 radical (unpaired) electrons. The molecule has 1 aliphatic rings. The number of benzene rings is 1. The van der Waals surface area contributed by atoms with Crippen molar-refractivity contribution >= 4 is 0 Å². The molecule has 0 aliphatic heterocycles. The normalized spacial score (nSPS) is 28.9. The highest BCUT2D eigenvalue weighted by atomic mass is 19.1. The summed E-state index contributed by atoms with van der Waals surface area (Å²) in [5.74, 6) is -0.671. The van der Waals surface area contributed by atoms with Crippen molar-refractivity contribution < 1.29 is 9.50 Å². The van der Waals surface area contributed by atoms with Crippen molar-refractivity contribution in [1.29, 1.82) is 0 Å². The van der Waals surface area contributed by atoms with E-state index in [0.29, 0.717) is 0 Å². The van der Waals surface area contributed by atoms with Crippen molar-refractivity contribution in [2.75, 3.05) is 0 Å². The van der Waals surface area contributed by atoms with Crippen molar-refractivity contribution in [2.24, 2.45) is 11.1 Å². The summed E-state index contributed by atoms with van der Waals surface area (Å²) in [5.41, 5.74) is 6.80. The molecule has 0 unspecified atom stereocenters. The van der Waals surface area contributed by atoms with E-state index in [1.54, 1.807) is 6.07 Å². The van der Waals surface area contributed by atoms with Gasteiger partial charge in [-0.25, -0.2) is 4.39 Å². The van der Waals surface area contributed by atoms with E-state index in [2.05, 4.69) is 13.8 Å². The first-order chi connectivity index (χ1) is 6.44. The van der Waals surface area contributed by atoms with E-state index in [1.165, 1.54) is 12.1 Å². The molecule has 2 nitrogen and oxygen atoms in total. The summed E-state index contributed by atoms with van der Waals surface area (Å²) in [6, 6.07) is 4.57. The quantitative estimate of drug-likeness (QED) is 0.719. The maximum Gasteiger partial charge on any atom is 0.165 e. The van der Waals surface area contributed by atoms with Crippen molar-refractivity contribution in [2.45, 2.75) is 25.8 Å². The van der Waals surface area contributed by atoms with Crippen LogP contribution in [0, 0.1) is 11.2 Å². The highest BCUT2D eigenvalue weighted by Crippen LogP contribution is 2.57. The van der Waals surface area contributed by atoms with E-state index in [1.807, 2.05) is 0 Å². The molecule has 3 heteroatoms. The smallest absolute Gasteiger partial charge is 0.165 e. The average Bonchev–Trinajstić information content (AvgIpc) is 2.58. The minimum Gasteiger partial charge on any atom is -0.505 e. The summed E-state index contributed by atoms with van der Waals surface area (Å²) in [4.78, 5) is 0. The molecule has 0 heterocycles. The van der Waals surface area contributed by atoms with Crippen LogP contribution >= 0.6 is 0 Å². The van der Waals surface area contributed by atoms with Crippen LogP contribution in [0.15, 0.2) is 18.2 Å². The molecule has 2 rings (SSSR count). The molecule has 1 aromatic carbocycles. The highest BCUT2D eigenvalue weighted by Gasteiger charge is 2.56. The third-order valence-corrected chi connectivity index (χ3v) is 3.24. The van der Waals surface area contributed by atoms with Gasteiger partial charge in [0.15, 0.2) is 11.6 Å². The third kappa shape index (κ3) is 1.20. The van der Waals surface area contributed by atoms with Crippen LogP contribution in [0.2, 0.25) is 0 Å². The highest BCUT2D eigenvalue weighted by molar-refractivity contribution is 5.37. The first kappa shape index (κ1) is 9.46. The van der Waals surface area contributed by atoms with Crippen molar-refractivity contribution in [3.05, 3.63) is 29.6 Å². The first-order valence-electron chi connectivity index (χ1n) is 4.68. The molecule has 1 aromatic rings. The Morgan fingerprint density at radius 1 is 1.43 bits per heavy atom. The summed E-state index contributed by atoms with van der Waals surface area (Å²) in [6.07, 6.45) is 0. The predicted octanol–water partition coefficient (Wildman–Crippen LogP) is 1.98. The third-order valence-electron chi connectivity index (χ3n) is 3.24. The van der Waals surface area contributed by atoms with Crippen LogP contribution < -0.4 is 5.73 Å². The maximum atomic E-state index is 13.1. The number of phenolic OH excluding ortho intramolecular Hbond substituents is 1. The fraction of sp³-hybridized carbons (Fsp3) is 0.455. The van der Waals surface area contributed by atoms with Gasteiger partial charge < -0.3 is 10.8 Å². The Labute approximate surface area is 82.5 Å². The summed E-state index contributed by atoms with van der Waals surface area (Å²) < 4.78 is 13.1. The van der Waals surface area contributed by atoms with Gasteiger partial charge in [-0.1, -0.05) is 19.9 Å².